The van der Waals surface area contributed by atoms with Crippen LogP contribution in [0.2, 0.25) is 0 Å². The molecule has 0 radical (unpaired) electrons. The smallest absolute Gasteiger partial charge is 0.119 e. The Labute approximate surface area is 117 Å². The number of hydrogen-bond donors (Lipinski definition) is 2. The highest BCUT2D eigenvalue weighted by molar-refractivity contribution is 9.10. The number of ether oxygens (including phenoxy) is 1. The standard InChI is InChI=1S/C14H20BrNO2/c1-18-12-2-3-13(15)11(8-12)9-14(10-17)4-6-16-7-5-14/h2-3,8,16-17H,4-7,9-10H2,1H3. The first-order valence-corrected chi connectivity index (χ1v) is 7.12. The van der Waals surface area contributed by atoms with E-state index >= 15 is 0 Å². The zero-order valence-electron chi connectivity index (χ0n) is 10.7. The summed E-state index contributed by atoms with van der Waals surface area (Å²) in [6, 6.07) is 6.02. The summed E-state index contributed by atoms with van der Waals surface area (Å²) in [5, 5.41) is 13.1. The van der Waals surface area contributed by atoms with Gasteiger partial charge < -0.3 is 15.2 Å². The molecule has 0 amide bonds. The first-order valence-electron chi connectivity index (χ1n) is 6.33. The molecule has 0 bridgehead atoms. The Hall–Kier alpha value is -0.580. The van der Waals surface area contributed by atoms with Crippen molar-refractivity contribution in [2.24, 2.45) is 5.41 Å². The number of nitrogens with one attached hydrogen (secondary N) is 1. The van der Waals surface area contributed by atoms with E-state index in [4.69, 9.17) is 4.74 Å². The van der Waals surface area contributed by atoms with Crippen LogP contribution in [0, 0.1) is 5.41 Å². The number of hydrogen-bond acceptors (Lipinski definition) is 3. The predicted molar refractivity (Wildman–Crippen MR) is 76.0 cm³/mol. The number of methoxy groups -OCH3 is 1. The van der Waals surface area contributed by atoms with Crippen LogP contribution in [-0.2, 0) is 6.42 Å². The van der Waals surface area contributed by atoms with Gasteiger partial charge in [-0.25, -0.2) is 0 Å². The maximum absolute atomic E-state index is 9.75. The highest BCUT2D eigenvalue weighted by Gasteiger charge is 2.32. The second-order valence-electron chi connectivity index (χ2n) is 5.04. The van der Waals surface area contributed by atoms with Gasteiger partial charge in [-0.3, -0.25) is 0 Å². The van der Waals surface area contributed by atoms with Gasteiger partial charge in [0.15, 0.2) is 0 Å². The molecule has 100 valence electrons. The molecular formula is C14H20BrNO2. The Morgan fingerprint density at radius 2 is 2.11 bits per heavy atom. The van der Waals surface area contributed by atoms with Gasteiger partial charge in [-0.2, -0.15) is 0 Å². The van der Waals surface area contributed by atoms with E-state index in [1.807, 2.05) is 12.1 Å². The lowest BCUT2D eigenvalue weighted by Gasteiger charge is -2.36. The first-order chi connectivity index (χ1) is 8.69. The summed E-state index contributed by atoms with van der Waals surface area (Å²) >= 11 is 3.59. The number of piperidine rings is 1. The van der Waals surface area contributed by atoms with Crippen LogP contribution in [0.25, 0.3) is 0 Å². The predicted octanol–water partition coefficient (Wildman–Crippen LogP) is 2.36. The topological polar surface area (TPSA) is 41.5 Å². The van der Waals surface area contributed by atoms with Gasteiger partial charge in [0.25, 0.3) is 0 Å². The van der Waals surface area contributed by atoms with Crippen molar-refractivity contribution in [1.29, 1.82) is 0 Å². The lowest BCUT2D eigenvalue weighted by atomic mass is 9.75. The van der Waals surface area contributed by atoms with Crippen LogP contribution in [0.5, 0.6) is 5.75 Å². The molecule has 18 heavy (non-hydrogen) atoms. The van der Waals surface area contributed by atoms with E-state index in [2.05, 4.69) is 27.3 Å². The zero-order valence-corrected chi connectivity index (χ0v) is 12.3. The monoisotopic (exact) mass is 313 g/mol. The fourth-order valence-electron chi connectivity index (χ4n) is 2.57. The minimum Gasteiger partial charge on any atom is -0.497 e. The Kier molecular flexibility index (Phi) is 4.65. The van der Waals surface area contributed by atoms with Gasteiger partial charge in [0.2, 0.25) is 0 Å². The van der Waals surface area contributed by atoms with Gasteiger partial charge in [0.05, 0.1) is 7.11 Å². The number of aliphatic hydroxyl groups excluding tert-OH is 1. The summed E-state index contributed by atoms with van der Waals surface area (Å²) in [4.78, 5) is 0. The number of rotatable bonds is 4. The second-order valence-corrected chi connectivity index (χ2v) is 5.90. The van der Waals surface area contributed by atoms with E-state index < -0.39 is 0 Å². The molecule has 1 saturated heterocycles. The number of aliphatic hydroxyl groups is 1. The van der Waals surface area contributed by atoms with Crippen LogP contribution < -0.4 is 10.1 Å². The molecule has 0 atom stereocenters. The fraction of sp³-hybridized carbons (Fsp3) is 0.571. The van der Waals surface area contributed by atoms with Crippen molar-refractivity contribution < 1.29 is 9.84 Å². The molecular weight excluding hydrogens is 294 g/mol. The average Bonchev–Trinajstić information content (AvgIpc) is 2.42. The summed E-state index contributed by atoms with van der Waals surface area (Å²) in [7, 11) is 1.68. The Balaban J connectivity index is 2.20. The lowest BCUT2D eigenvalue weighted by molar-refractivity contribution is 0.0891. The number of benzene rings is 1. The van der Waals surface area contributed by atoms with Crippen molar-refractivity contribution in [3.05, 3.63) is 28.2 Å². The molecule has 0 aliphatic carbocycles. The molecule has 2 N–H and O–H groups in total. The van der Waals surface area contributed by atoms with E-state index in [0.717, 1.165) is 42.6 Å². The minimum absolute atomic E-state index is 0.0140. The van der Waals surface area contributed by atoms with Crippen LogP contribution in [0.4, 0.5) is 0 Å². The molecule has 1 fully saturated rings. The molecule has 0 saturated carbocycles. The number of halogens is 1. The van der Waals surface area contributed by atoms with E-state index in [0.29, 0.717) is 0 Å². The zero-order chi connectivity index (χ0) is 13.0. The van der Waals surface area contributed by atoms with Crippen molar-refractivity contribution in [2.45, 2.75) is 19.3 Å². The van der Waals surface area contributed by atoms with Crippen molar-refractivity contribution in [3.8, 4) is 5.75 Å². The summed E-state index contributed by atoms with van der Waals surface area (Å²) in [6.45, 7) is 2.22. The average molecular weight is 314 g/mol. The molecule has 1 aromatic carbocycles. The first kappa shape index (κ1) is 13.8. The maximum atomic E-state index is 9.75. The molecule has 0 spiro atoms. The summed E-state index contributed by atoms with van der Waals surface area (Å²) < 4.78 is 6.36. The third-order valence-corrected chi connectivity index (χ3v) is 4.59. The normalized spacial score (nSPS) is 18.6. The Morgan fingerprint density at radius 3 is 2.72 bits per heavy atom. The SMILES string of the molecule is COc1ccc(Br)c(CC2(CO)CCNCC2)c1. The van der Waals surface area contributed by atoms with Crippen molar-refractivity contribution in [1.82, 2.24) is 5.32 Å². The molecule has 0 aromatic heterocycles. The highest BCUT2D eigenvalue weighted by Crippen LogP contribution is 2.35. The quantitative estimate of drug-likeness (QED) is 0.896. The van der Waals surface area contributed by atoms with Crippen LogP contribution in [0.3, 0.4) is 0 Å². The van der Waals surface area contributed by atoms with Crippen molar-refractivity contribution in [3.63, 3.8) is 0 Å². The molecule has 1 aliphatic heterocycles. The molecule has 1 aromatic rings. The van der Waals surface area contributed by atoms with Crippen LogP contribution >= 0.6 is 15.9 Å². The largest absolute Gasteiger partial charge is 0.497 e. The molecule has 1 heterocycles. The Bertz CT molecular complexity index is 403. The van der Waals surface area contributed by atoms with Gasteiger partial charge in [-0.15, -0.1) is 0 Å². The van der Waals surface area contributed by atoms with Gasteiger partial charge in [0, 0.05) is 11.1 Å². The fourth-order valence-corrected chi connectivity index (χ4v) is 2.95. The van der Waals surface area contributed by atoms with Crippen LogP contribution in [0.15, 0.2) is 22.7 Å². The van der Waals surface area contributed by atoms with Gasteiger partial charge in [-0.1, -0.05) is 15.9 Å². The van der Waals surface area contributed by atoms with E-state index in [9.17, 15) is 5.11 Å². The molecule has 4 heteroatoms. The summed E-state index contributed by atoms with van der Waals surface area (Å²) in [5.74, 6) is 0.871. The third-order valence-electron chi connectivity index (χ3n) is 3.82. The molecule has 3 nitrogen and oxygen atoms in total. The summed E-state index contributed by atoms with van der Waals surface area (Å²) in [5.41, 5.74) is 1.23. The van der Waals surface area contributed by atoms with Crippen molar-refractivity contribution in [2.75, 3.05) is 26.8 Å². The van der Waals surface area contributed by atoms with E-state index in [1.165, 1.54) is 5.56 Å². The summed E-state index contributed by atoms with van der Waals surface area (Å²) in [6.07, 6.45) is 2.93. The second kappa shape index (κ2) is 6.04. The lowest BCUT2D eigenvalue weighted by Crippen LogP contribution is -2.40. The van der Waals surface area contributed by atoms with Gasteiger partial charge in [-0.05, 0) is 61.5 Å². The van der Waals surface area contributed by atoms with Gasteiger partial charge in [0.1, 0.15) is 5.75 Å². The molecule has 2 rings (SSSR count). The molecule has 1 aliphatic rings. The van der Waals surface area contributed by atoms with Gasteiger partial charge >= 0.3 is 0 Å². The molecule has 0 unspecified atom stereocenters. The Morgan fingerprint density at radius 1 is 1.39 bits per heavy atom. The maximum Gasteiger partial charge on any atom is 0.119 e. The third kappa shape index (κ3) is 3.05. The van der Waals surface area contributed by atoms with E-state index in [1.54, 1.807) is 7.11 Å². The van der Waals surface area contributed by atoms with Crippen molar-refractivity contribution >= 4 is 15.9 Å². The van der Waals surface area contributed by atoms with E-state index in [-0.39, 0.29) is 12.0 Å². The van der Waals surface area contributed by atoms with Crippen LogP contribution in [-0.4, -0.2) is 31.9 Å². The minimum atomic E-state index is 0.0140. The highest BCUT2D eigenvalue weighted by atomic mass is 79.9. The van der Waals surface area contributed by atoms with Crippen LogP contribution in [0.1, 0.15) is 18.4 Å².